The summed E-state index contributed by atoms with van der Waals surface area (Å²) in [6.07, 6.45) is 5.01. The van der Waals surface area contributed by atoms with Crippen molar-refractivity contribution in [3.63, 3.8) is 0 Å². The fourth-order valence-electron chi connectivity index (χ4n) is 4.21. The van der Waals surface area contributed by atoms with E-state index in [1.807, 2.05) is 60.8 Å². The SMILES string of the molecule is COc1ccc(Cn2cc(/C=N/NC(=O)C(=O)c3c[nH]c4ccc(Br)cc34)c3cc(OC)ccc32)cc1. The van der Waals surface area contributed by atoms with Gasteiger partial charge in [-0.2, -0.15) is 5.10 Å². The Morgan fingerprint density at radius 3 is 2.51 bits per heavy atom. The molecule has 1 amide bonds. The van der Waals surface area contributed by atoms with Crippen LogP contribution in [0.15, 0.2) is 82.6 Å². The van der Waals surface area contributed by atoms with Gasteiger partial charge in [-0.3, -0.25) is 9.59 Å². The van der Waals surface area contributed by atoms with Crippen molar-refractivity contribution in [2.24, 2.45) is 5.10 Å². The quantitative estimate of drug-likeness (QED) is 0.117. The van der Waals surface area contributed by atoms with E-state index in [-0.39, 0.29) is 5.56 Å². The van der Waals surface area contributed by atoms with E-state index in [0.717, 1.165) is 37.8 Å². The van der Waals surface area contributed by atoms with Gasteiger partial charge in [0.2, 0.25) is 0 Å². The standard InChI is InChI=1S/C28H23BrN4O4/c1-36-20-6-3-17(4-7-20)15-33-16-18(22-12-21(37-2)8-10-26(22)33)13-31-32-28(35)27(34)24-14-30-25-9-5-19(29)11-23(24)25/h3-14,16,30H,15H2,1-2H3,(H,32,35)/b31-13+. The number of benzene rings is 3. The molecule has 0 saturated heterocycles. The molecular weight excluding hydrogens is 536 g/mol. The van der Waals surface area contributed by atoms with Crippen LogP contribution in [0.3, 0.4) is 0 Å². The zero-order chi connectivity index (χ0) is 25.9. The Morgan fingerprint density at radius 1 is 1.00 bits per heavy atom. The summed E-state index contributed by atoms with van der Waals surface area (Å²) in [5.41, 5.74) is 6.26. The van der Waals surface area contributed by atoms with Crippen molar-refractivity contribution >= 4 is 55.6 Å². The average molecular weight is 559 g/mol. The Labute approximate surface area is 221 Å². The number of rotatable bonds is 8. The van der Waals surface area contributed by atoms with Gasteiger partial charge in [-0.05, 0) is 54.1 Å². The molecular formula is C28H23BrN4O4. The molecule has 0 spiro atoms. The van der Waals surface area contributed by atoms with Gasteiger partial charge < -0.3 is 19.0 Å². The van der Waals surface area contributed by atoms with Gasteiger partial charge in [0.25, 0.3) is 5.78 Å². The number of halogens is 1. The molecule has 0 saturated carbocycles. The van der Waals surface area contributed by atoms with Crippen molar-refractivity contribution in [3.05, 3.63) is 94.2 Å². The van der Waals surface area contributed by atoms with Crippen molar-refractivity contribution in [2.45, 2.75) is 6.54 Å². The lowest BCUT2D eigenvalue weighted by Gasteiger charge is -2.07. The third kappa shape index (κ3) is 4.99. The third-order valence-electron chi connectivity index (χ3n) is 6.10. The second-order valence-electron chi connectivity index (χ2n) is 8.36. The highest BCUT2D eigenvalue weighted by Gasteiger charge is 2.20. The Bertz CT molecular complexity index is 1650. The molecule has 2 aromatic heterocycles. The average Bonchev–Trinajstić information content (AvgIpc) is 3.49. The maximum atomic E-state index is 12.8. The predicted molar refractivity (Wildman–Crippen MR) is 147 cm³/mol. The molecule has 0 unspecified atom stereocenters. The van der Waals surface area contributed by atoms with Crippen LogP contribution in [0.5, 0.6) is 11.5 Å². The van der Waals surface area contributed by atoms with Crippen LogP contribution in [0.25, 0.3) is 21.8 Å². The van der Waals surface area contributed by atoms with Gasteiger partial charge in [0.1, 0.15) is 11.5 Å². The summed E-state index contributed by atoms with van der Waals surface area (Å²) in [6, 6.07) is 19.1. The van der Waals surface area contributed by atoms with Gasteiger partial charge in [-0.15, -0.1) is 0 Å². The predicted octanol–water partition coefficient (Wildman–Crippen LogP) is 5.28. The zero-order valence-electron chi connectivity index (χ0n) is 20.1. The minimum Gasteiger partial charge on any atom is -0.497 e. The number of aromatic nitrogens is 2. The lowest BCUT2D eigenvalue weighted by molar-refractivity contribution is -0.116. The van der Waals surface area contributed by atoms with Gasteiger partial charge in [0.05, 0.1) is 26.0 Å². The van der Waals surface area contributed by atoms with Gasteiger partial charge >= 0.3 is 5.91 Å². The van der Waals surface area contributed by atoms with E-state index in [9.17, 15) is 9.59 Å². The van der Waals surface area contributed by atoms with Gasteiger partial charge in [0, 0.05) is 50.8 Å². The number of nitrogens with zero attached hydrogens (tertiary/aromatic N) is 2. The highest BCUT2D eigenvalue weighted by atomic mass is 79.9. The first-order valence-corrected chi connectivity index (χ1v) is 12.2. The number of hydrazone groups is 1. The number of aromatic amines is 1. The van der Waals surface area contributed by atoms with Crippen LogP contribution in [0, 0.1) is 0 Å². The molecule has 3 aromatic carbocycles. The van der Waals surface area contributed by atoms with Crippen LogP contribution >= 0.6 is 15.9 Å². The highest BCUT2D eigenvalue weighted by Crippen LogP contribution is 2.27. The molecule has 9 heteroatoms. The summed E-state index contributed by atoms with van der Waals surface area (Å²) in [6.45, 7) is 0.627. The molecule has 186 valence electrons. The molecule has 0 aliphatic rings. The van der Waals surface area contributed by atoms with Gasteiger partial charge in [0.15, 0.2) is 0 Å². The molecule has 5 rings (SSSR count). The molecule has 0 aliphatic carbocycles. The number of fused-ring (bicyclic) bond motifs is 2. The van der Waals surface area contributed by atoms with Crippen LogP contribution in [-0.2, 0) is 11.3 Å². The highest BCUT2D eigenvalue weighted by molar-refractivity contribution is 9.10. The normalized spacial score (nSPS) is 11.3. The Balaban J connectivity index is 1.38. The number of Topliss-reactive ketones (excluding diaryl/α,β-unsaturated/α-hetero) is 1. The van der Waals surface area contributed by atoms with Gasteiger partial charge in [-0.25, -0.2) is 5.43 Å². The van der Waals surface area contributed by atoms with E-state index in [1.165, 1.54) is 12.4 Å². The lowest BCUT2D eigenvalue weighted by atomic mass is 10.1. The number of carbonyl (C=O) groups excluding carboxylic acids is 2. The molecule has 37 heavy (non-hydrogen) atoms. The summed E-state index contributed by atoms with van der Waals surface area (Å²) in [5.74, 6) is 0.0000653. The Hall–Kier alpha value is -4.37. The summed E-state index contributed by atoms with van der Waals surface area (Å²) in [7, 11) is 3.25. The van der Waals surface area contributed by atoms with Crippen LogP contribution < -0.4 is 14.9 Å². The molecule has 0 atom stereocenters. The van der Waals surface area contributed by atoms with Crippen molar-refractivity contribution in [1.82, 2.24) is 15.0 Å². The lowest BCUT2D eigenvalue weighted by Crippen LogP contribution is -2.27. The van der Waals surface area contributed by atoms with E-state index in [1.54, 1.807) is 20.3 Å². The number of ketones is 1. The number of H-pyrrole nitrogens is 1. The summed E-state index contributed by atoms with van der Waals surface area (Å²) in [5, 5.41) is 5.64. The number of nitrogens with one attached hydrogen (secondary N) is 2. The number of methoxy groups -OCH3 is 2. The van der Waals surface area contributed by atoms with Crippen molar-refractivity contribution < 1.29 is 19.1 Å². The van der Waals surface area contributed by atoms with Crippen molar-refractivity contribution in [1.29, 1.82) is 0 Å². The van der Waals surface area contributed by atoms with Crippen molar-refractivity contribution in [3.8, 4) is 11.5 Å². The molecule has 0 fully saturated rings. The Kier molecular flexibility index (Phi) is 6.78. The first-order chi connectivity index (χ1) is 18.0. The molecule has 8 nitrogen and oxygen atoms in total. The summed E-state index contributed by atoms with van der Waals surface area (Å²) < 4.78 is 13.6. The number of amides is 1. The third-order valence-corrected chi connectivity index (χ3v) is 6.59. The monoisotopic (exact) mass is 558 g/mol. The number of hydrogen-bond acceptors (Lipinski definition) is 5. The molecule has 0 bridgehead atoms. The smallest absolute Gasteiger partial charge is 0.312 e. The van der Waals surface area contributed by atoms with E-state index in [2.05, 4.69) is 36.0 Å². The van der Waals surface area contributed by atoms with Gasteiger partial charge in [-0.1, -0.05) is 28.1 Å². The maximum absolute atomic E-state index is 12.8. The Morgan fingerprint density at radius 2 is 1.76 bits per heavy atom. The molecule has 0 aliphatic heterocycles. The zero-order valence-corrected chi connectivity index (χ0v) is 21.7. The number of ether oxygens (including phenoxy) is 2. The number of carbonyl (C=O) groups is 2. The first-order valence-electron chi connectivity index (χ1n) is 11.4. The fraction of sp³-hybridized carbons (Fsp3) is 0.107. The summed E-state index contributed by atoms with van der Waals surface area (Å²) >= 11 is 3.40. The van der Waals surface area contributed by atoms with E-state index >= 15 is 0 Å². The maximum Gasteiger partial charge on any atom is 0.312 e. The second-order valence-corrected chi connectivity index (χ2v) is 9.28. The molecule has 0 radical (unpaired) electrons. The van der Waals surface area contributed by atoms with E-state index in [4.69, 9.17) is 9.47 Å². The molecule has 2 heterocycles. The molecule has 5 aromatic rings. The second kappa shape index (κ2) is 10.3. The number of hydrogen-bond donors (Lipinski definition) is 2. The first kappa shape index (κ1) is 24.3. The van der Waals surface area contributed by atoms with Crippen molar-refractivity contribution in [2.75, 3.05) is 14.2 Å². The summed E-state index contributed by atoms with van der Waals surface area (Å²) in [4.78, 5) is 28.4. The van der Waals surface area contributed by atoms with Crippen LogP contribution in [0.4, 0.5) is 0 Å². The van der Waals surface area contributed by atoms with E-state index in [0.29, 0.717) is 17.7 Å². The largest absolute Gasteiger partial charge is 0.497 e. The van der Waals surface area contributed by atoms with Crippen LogP contribution in [0.2, 0.25) is 0 Å². The minimum absolute atomic E-state index is 0.282. The fourth-order valence-corrected chi connectivity index (χ4v) is 4.57. The topological polar surface area (TPSA) is 97.7 Å². The minimum atomic E-state index is -0.823. The van der Waals surface area contributed by atoms with E-state index < -0.39 is 11.7 Å². The van der Waals surface area contributed by atoms with Crippen LogP contribution in [-0.4, -0.2) is 41.7 Å². The molecule has 2 N–H and O–H groups in total. The van der Waals surface area contributed by atoms with Crippen LogP contribution in [0.1, 0.15) is 21.5 Å².